The van der Waals surface area contributed by atoms with E-state index in [2.05, 4.69) is 42.3 Å². The molecule has 230 valence electrons. The van der Waals surface area contributed by atoms with Crippen molar-refractivity contribution < 1.29 is 4.57 Å². The van der Waals surface area contributed by atoms with Crippen LogP contribution in [0.2, 0.25) is 0 Å². The zero-order valence-electron chi connectivity index (χ0n) is 27.5. The van der Waals surface area contributed by atoms with Crippen molar-refractivity contribution in [3.8, 4) is 0 Å². The summed E-state index contributed by atoms with van der Waals surface area (Å²) in [6, 6.07) is 0. The highest BCUT2D eigenvalue weighted by molar-refractivity contribution is 4.84. The van der Waals surface area contributed by atoms with E-state index in [0.29, 0.717) is 0 Å². The number of hydrogen-bond donors (Lipinski definition) is 0. The van der Waals surface area contributed by atoms with Gasteiger partial charge in [0.25, 0.3) is 5.82 Å². The van der Waals surface area contributed by atoms with Crippen LogP contribution in [0.15, 0.2) is 12.4 Å². The second-order valence-corrected chi connectivity index (χ2v) is 12.7. The van der Waals surface area contributed by atoms with Crippen LogP contribution in [0, 0.1) is 0 Å². The fourth-order valence-corrected chi connectivity index (χ4v) is 6.15. The molecule has 2 nitrogen and oxygen atoms in total. The third-order valence-electron chi connectivity index (χ3n) is 8.85. The highest BCUT2D eigenvalue weighted by Gasteiger charge is 2.16. The summed E-state index contributed by atoms with van der Waals surface area (Å²) in [5, 5.41) is 0. The van der Waals surface area contributed by atoms with E-state index in [-0.39, 0.29) is 0 Å². The number of nitrogens with zero attached hydrogens (tertiary/aromatic N) is 2. The average Bonchev–Trinajstić information content (AvgIpc) is 3.33. The third-order valence-corrected chi connectivity index (χ3v) is 8.85. The van der Waals surface area contributed by atoms with Crippen LogP contribution in [-0.2, 0) is 19.5 Å². The van der Waals surface area contributed by atoms with Crippen LogP contribution >= 0.6 is 0 Å². The summed E-state index contributed by atoms with van der Waals surface area (Å²) in [6.07, 6.45) is 45.9. The number of unbranched alkanes of at least 4 members (excludes halogenated alkanes) is 25. The molecular weight excluding hydrogens is 472 g/mol. The maximum Gasteiger partial charge on any atom is 0.256 e. The van der Waals surface area contributed by atoms with Gasteiger partial charge in [-0.3, -0.25) is 0 Å². The molecule has 0 aliphatic rings. The normalized spacial score (nSPS) is 11.6. The lowest BCUT2D eigenvalue weighted by atomic mass is 10.0. The lowest BCUT2D eigenvalue weighted by Gasteiger charge is -2.07. The van der Waals surface area contributed by atoms with Crippen molar-refractivity contribution in [1.82, 2.24) is 4.57 Å². The first-order valence-electron chi connectivity index (χ1n) is 18.4. The standard InChI is InChI=1S/C37H73N2/c1-4-7-10-13-15-17-19-21-23-25-28-31-34-39-36-35-38(33-30-27-12-9-6-3)37(39)32-29-26-24-22-20-18-16-14-11-8-5-2/h35-36H,4-34H2,1-3H3/q+1. The molecule has 0 saturated carbocycles. The number of rotatable bonds is 31. The molecule has 0 radical (unpaired) electrons. The van der Waals surface area contributed by atoms with E-state index in [9.17, 15) is 0 Å². The zero-order valence-corrected chi connectivity index (χ0v) is 27.5. The minimum absolute atomic E-state index is 1.22. The predicted molar refractivity (Wildman–Crippen MR) is 175 cm³/mol. The Balaban J connectivity index is 2.26. The van der Waals surface area contributed by atoms with E-state index in [1.807, 2.05) is 0 Å². The molecule has 0 aliphatic heterocycles. The highest BCUT2D eigenvalue weighted by Crippen LogP contribution is 2.15. The first kappa shape index (κ1) is 36.2. The van der Waals surface area contributed by atoms with E-state index < -0.39 is 0 Å². The maximum atomic E-state index is 2.62. The number of aromatic nitrogens is 2. The Kier molecular flexibility index (Phi) is 26.7. The van der Waals surface area contributed by atoms with Crippen LogP contribution in [0.4, 0.5) is 0 Å². The molecule has 1 rings (SSSR count). The van der Waals surface area contributed by atoms with E-state index in [0.717, 1.165) is 0 Å². The molecule has 0 fully saturated rings. The lowest BCUT2D eigenvalue weighted by molar-refractivity contribution is -0.704. The van der Waals surface area contributed by atoms with Crippen molar-refractivity contribution >= 4 is 0 Å². The van der Waals surface area contributed by atoms with Crippen molar-refractivity contribution in [2.24, 2.45) is 0 Å². The Morgan fingerprint density at radius 2 is 0.795 bits per heavy atom. The first-order chi connectivity index (χ1) is 19.3. The molecule has 1 aromatic rings. The van der Waals surface area contributed by atoms with Crippen LogP contribution in [0.25, 0.3) is 0 Å². The molecular formula is C37H73N2+. The van der Waals surface area contributed by atoms with Gasteiger partial charge in [-0.1, -0.05) is 168 Å². The zero-order chi connectivity index (χ0) is 28.1. The van der Waals surface area contributed by atoms with Gasteiger partial charge >= 0.3 is 0 Å². The summed E-state index contributed by atoms with van der Waals surface area (Å²) >= 11 is 0. The summed E-state index contributed by atoms with van der Waals surface area (Å²) in [5.74, 6) is 1.62. The van der Waals surface area contributed by atoms with Crippen LogP contribution in [0.1, 0.15) is 206 Å². The first-order valence-corrected chi connectivity index (χ1v) is 18.4. The van der Waals surface area contributed by atoms with Crippen LogP contribution in [0.3, 0.4) is 0 Å². The van der Waals surface area contributed by atoms with E-state index in [1.165, 1.54) is 199 Å². The van der Waals surface area contributed by atoms with E-state index >= 15 is 0 Å². The largest absolute Gasteiger partial charge is 0.256 e. The monoisotopic (exact) mass is 546 g/mol. The Morgan fingerprint density at radius 1 is 0.436 bits per heavy atom. The van der Waals surface area contributed by atoms with Gasteiger partial charge in [0.1, 0.15) is 12.4 Å². The molecule has 0 spiro atoms. The highest BCUT2D eigenvalue weighted by atomic mass is 15.1. The predicted octanol–water partition coefficient (Wildman–Crippen LogP) is 12.3. The number of hydrogen-bond acceptors (Lipinski definition) is 0. The van der Waals surface area contributed by atoms with Crippen LogP contribution < -0.4 is 4.57 Å². The number of aryl methyl sites for hydroxylation is 2. The van der Waals surface area contributed by atoms with Gasteiger partial charge in [0, 0.05) is 6.42 Å². The molecule has 1 heterocycles. The SMILES string of the molecule is CCCCCCCCCCCCCCn1cc[n+](CCCCCCC)c1CCCCCCCCCCCCC. The van der Waals surface area contributed by atoms with Crippen LogP contribution in [-0.4, -0.2) is 4.57 Å². The topological polar surface area (TPSA) is 8.81 Å². The maximum absolute atomic E-state index is 2.62. The lowest BCUT2D eigenvalue weighted by Crippen LogP contribution is -2.37. The Hall–Kier alpha value is -0.790. The van der Waals surface area contributed by atoms with Crippen molar-refractivity contribution in [2.45, 2.75) is 220 Å². The van der Waals surface area contributed by atoms with Gasteiger partial charge < -0.3 is 0 Å². The molecule has 1 aromatic heterocycles. The summed E-state index contributed by atoms with van der Waals surface area (Å²) in [7, 11) is 0. The quantitative estimate of drug-likeness (QED) is 0.0648. The number of imidazole rings is 1. The Morgan fingerprint density at radius 3 is 1.23 bits per heavy atom. The molecule has 39 heavy (non-hydrogen) atoms. The minimum atomic E-state index is 1.22. The van der Waals surface area contributed by atoms with Crippen molar-refractivity contribution in [1.29, 1.82) is 0 Å². The molecule has 0 atom stereocenters. The summed E-state index contributed by atoms with van der Waals surface area (Å²) in [6.45, 7) is 9.39. The van der Waals surface area contributed by atoms with Crippen molar-refractivity contribution in [3.63, 3.8) is 0 Å². The molecule has 0 N–H and O–H groups in total. The second-order valence-electron chi connectivity index (χ2n) is 12.7. The van der Waals surface area contributed by atoms with E-state index in [1.54, 1.807) is 5.82 Å². The Bertz CT molecular complexity index is 605. The molecule has 0 aliphatic carbocycles. The molecule has 0 unspecified atom stereocenters. The van der Waals surface area contributed by atoms with Gasteiger partial charge in [-0.05, 0) is 32.1 Å². The van der Waals surface area contributed by atoms with Crippen molar-refractivity contribution in [2.75, 3.05) is 0 Å². The van der Waals surface area contributed by atoms with Gasteiger partial charge in [-0.25, -0.2) is 9.13 Å². The smallest absolute Gasteiger partial charge is 0.234 e. The van der Waals surface area contributed by atoms with Gasteiger partial charge in [-0.15, -0.1) is 0 Å². The minimum Gasteiger partial charge on any atom is -0.234 e. The fraction of sp³-hybridized carbons (Fsp3) is 0.919. The van der Waals surface area contributed by atoms with E-state index in [4.69, 9.17) is 0 Å². The average molecular weight is 546 g/mol. The van der Waals surface area contributed by atoms with Crippen molar-refractivity contribution in [3.05, 3.63) is 18.2 Å². The summed E-state index contributed by atoms with van der Waals surface area (Å²) < 4.78 is 5.24. The Labute approximate surface area is 247 Å². The molecule has 2 heteroatoms. The fourth-order valence-electron chi connectivity index (χ4n) is 6.15. The second kappa shape index (κ2) is 28.7. The summed E-state index contributed by atoms with van der Waals surface area (Å²) in [5.41, 5.74) is 0. The van der Waals surface area contributed by atoms with Gasteiger partial charge in [-0.2, -0.15) is 0 Å². The van der Waals surface area contributed by atoms with Gasteiger partial charge in [0.05, 0.1) is 13.1 Å². The molecule has 0 aromatic carbocycles. The van der Waals surface area contributed by atoms with Gasteiger partial charge in [0.15, 0.2) is 0 Å². The molecule has 0 saturated heterocycles. The third kappa shape index (κ3) is 21.6. The van der Waals surface area contributed by atoms with Gasteiger partial charge in [0.2, 0.25) is 0 Å². The molecule has 0 bridgehead atoms. The summed E-state index contributed by atoms with van der Waals surface area (Å²) in [4.78, 5) is 0. The van der Waals surface area contributed by atoms with Crippen LogP contribution in [0.5, 0.6) is 0 Å². The molecule has 0 amide bonds.